The predicted octanol–water partition coefficient (Wildman–Crippen LogP) is 3.90. The zero-order valence-corrected chi connectivity index (χ0v) is 10.5. The number of aromatic amines is 1. The minimum absolute atomic E-state index is 0.413. The molecule has 0 saturated heterocycles. The number of aromatic nitrogens is 1. The van der Waals surface area contributed by atoms with E-state index in [1.807, 2.05) is 43.3 Å². The zero-order chi connectivity index (χ0) is 12.7. The smallest absolute Gasteiger partial charge is 0.346 e. The number of fused-ring (bicyclic) bond motifs is 1. The predicted molar refractivity (Wildman–Crippen MR) is 73.3 cm³/mol. The number of hydrogen-bond donors (Lipinski definition) is 2. The van der Waals surface area contributed by atoms with Crippen LogP contribution in [0.25, 0.3) is 21.5 Å². The summed E-state index contributed by atoms with van der Waals surface area (Å²) in [6, 6.07) is 12.0. The number of thiophene rings is 1. The van der Waals surface area contributed by atoms with E-state index in [2.05, 4.69) is 4.98 Å². The molecule has 0 atom stereocenters. The van der Waals surface area contributed by atoms with Gasteiger partial charge in [-0.1, -0.05) is 30.3 Å². The Hall–Kier alpha value is -2.07. The molecule has 0 aliphatic rings. The van der Waals surface area contributed by atoms with Crippen molar-refractivity contribution in [2.45, 2.75) is 6.92 Å². The van der Waals surface area contributed by atoms with Crippen molar-refractivity contribution in [3.05, 3.63) is 46.8 Å². The molecule has 3 nitrogen and oxygen atoms in total. The van der Waals surface area contributed by atoms with E-state index in [1.54, 1.807) is 0 Å². The molecule has 0 spiro atoms. The Kier molecular flexibility index (Phi) is 2.45. The first-order valence-corrected chi connectivity index (χ1v) is 6.39. The number of aryl methyl sites for hydroxylation is 1. The third-order valence-corrected chi connectivity index (χ3v) is 4.21. The van der Waals surface area contributed by atoms with Crippen molar-refractivity contribution in [3.8, 4) is 11.3 Å². The molecule has 3 aromatic rings. The van der Waals surface area contributed by atoms with Gasteiger partial charge >= 0.3 is 5.97 Å². The molecule has 2 aromatic heterocycles. The maximum atomic E-state index is 11.0. The van der Waals surface area contributed by atoms with Gasteiger partial charge in [0.2, 0.25) is 0 Å². The van der Waals surface area contributed by atoms with E-state index < -0.39 is 5.97 Å². The normalized spacial score (nSPS) is 10.9. The van der Waals surface area contributed by atoms with E-state index >= 15 is 0 Å². The number of benzene rings is 1. The molecule has 0 radical (unpaired) electrons. The second-order valence-corrected chi connectivity index (χ2v) is 5.20. The summed E-state index contributed by atoms with van der Waals surface area (Å²) in [7, 11) is 0. The number of aromatic carboxylic acids is 1. The van der Waals surface area contributed by atoms with Crippen LogP contribution >= 0.6 is 11.3 Å². The number of rotatable bonds is 2. The van der Waals surface area contributed by atoms with Crippen LogP contribution in [0, 0.1) is 6.92 Å². The molecule has 3 rings (SSSR count). The summed E-state index contributed by atoms with van der Waals surface area (Å²) >= 11 is 1.32. The number of carbonyl (C=O) groups is 1. The highest BCUT2D eigenvalue weighted by molar-refractivity contribution is 7.21. The molecule has 4 heteroatoms. The molecule has 90 valence electrons. The van der Waals surface area contributed by atoms with Crippen LogP contribution in [-0.4, -0.2) is 16.1 Å². The van der Waals surface area contributed by atoms with E-state index in [9.17, 15) is 4.79 Å². The first-order valence-electron chi connectivity index (χ1n) is 5.57. The third kappa shape index (κ3) is 1.62. The largest absolute Gasteiger partial charge is 0.477 e. The Morgan fingerprint density at radius 3 is 2.61 bits per heavy atom. The van der Waals surface area contributed by atoms with Gasteiger partial charge in [-0.3, -0.25) is 0 Å². The van der Waals surface area contributed by atoms with Gasteiger partial charge in [0, 0.05) is 5.69 Å². The van der Waals surface area contributed by atoms with Crippen LogP contribution in [-0.2, 0) is 0 Å². The van der Waals surface area contributed by atoms with Gasteiger partial charge in [-0.05, 0) is 24.1 Å². The topological polar surface area (TPSA) is 53.1 Å². The van der Waals surface area contributed by atoms with Gasteiger partial charge in [-0.15, -0.1) is 11.3 Å². The van der Waals surface area contributed by atoms with Gasteiger partial charge in [0.25, 0.3) is 0 Å². The molecule has 1 aromatic carbocycles. The van der Waals surface area contributed by atoms with Crippen molar-refractivity contribution in [2.75, 3.05) is 0 Å². The van der Waals surface area contributed by atoms with E-state index in [4.69, 9.17) is 5.11 Å². The van der Waals surface area contributed by atoms with Gasteiger partial charge in [-0.25, -0.2) is 4.79 Å². The lowest BCUT2D eigenvalue weighted by molar-refractivity contribution is 0.0701. The molecule has 0 aliphatic heterocycles. The van der Waals surface area contributed by atoms with E-state index in [1.165, 1.54) is 11.3 Å². The average molecular weight is 257 g/mol. The number of carboxylic acid groups (broad SMARTS) is 1. The Morgan fingerprint density at radius 1 is 1.28 bits per heavy atom. The van der Waals surface area contributed by atoms with Crippen molar-refractivity contribution >= 4 is 27.5 Å². The number of carboxylic acids is 1. The first-order chi connectivity index (χ1) is 8.66. The summed E-state index contributed by atoms with van der Waals surface area (Å²) in [4.78, 5) is 14.8. The van der Waals surface area contributed by atoms with Gasteiger partial charge in [0.1, 0.15) is 4.88 Å². The van der Waals surface area contributed by atoms with Gasteiger partial charge < -0.3 is 10.1 Å². The molecular weight excluding hydrogens is 246 g/mol. The lowest BCUT2D eigenvalue weighted by Crippen LogP contribution is -1.94. The highest BCUT2D eigenvalue weighted by atomic mass is 32.1. The number of H-pyrrole nitrogens is 1. The molecule has 0 unspecified atom stereocenters. The minimum Gasteiger partial charge on any atom is -0.477 e. The van der Waals surface area contributed by atoms with E-state index in [-0.39, 0.29) is 0 Å². The van der Waals surface area contributed by atoms with E-state index in [0.29, 0.717) is 4.88 Å². The Labute approximate surface area is 108 Å². The second-order valence-electron chi connectivity index (χ2n) is 4.15. The van der Waals surface area contributed by atoms with Crippen molar-refractivity contribution in [3.63, 3.8) is 0 Å². The first kappa shape index (κ1) is 11.0. The molecular formula is C14H11NO2S. The highest BCUT2D eigenvalue weighted by Crippen LogP contribution is 2.34. The fourth-order valence-electron chi connectivity index (χ4n) is 2.07. The maximum Gasteiger partial charge on any atom is 0.346 e. The minimum atomic E-state index is -0.858. The quantitative estimate of drug-likeness (QED) is 0.731. The van der Waals surface area contributed by atoms with Crippen LogP contribution in [0.15, 0.2) is 36.4 Å². The lowest BCUT2D eigenvalue weighted by Gasteiger charge is -1.96. The monoisotopic (exact) mass is 257 g/mol. The Morgan fingerprint density at radius 2 is 2.00 bits per heavy atom. The summed E-state index contributed by atoms with van der Waals surface area (Å²) in [6.07, 6.45) is 0. The van der Waals surface area contributed by atoms with Gasteiger partial charge in [-0.2, -0.15) is 0 Å². The van der Waals surface area contributed by atoms with Crippen LogP contribution in [0.4, 0.5) is 0 Å². The van der Waals surface area contributed by atoms with Crippen LogP contribution in [0.2, 0.25) is 0 Å². The van der Waals surface area contributed by atoms with Crippen molar-refractivity contribution in [2.24, 2.45) is 0 Å². The van der Waals surface area contributed by atoms with Crippen molar-refractivity contribution in [1.82, 2.24) is 4.98 Å². The fourth-order valence-corrected chi connectivity index (χ4v) is 3.12. The van der Waals surface area contributed by atoms with E-state index in [0.717, 1.165) is 27.0 Å². The zero-order valence-electron chi connectivity index (χ0n) is 9.73. The maximum absolute atomic E-state index is 11.0. The van der Waals surface area contributed by atoms with Crippen LogP contribution < -0.4 is 0 Å². The summed E-state index contributed by atoms with van der Waals surface area (Å²) in [6.45, 7) is 1.84. The molecule has 0 aliphatic carbocycles. The molecule has 0 bridgehead atoms. The molecule has 18 heavy (non-hydrogen) atoms. The summed E-state index contributed by atoms with van der Waals surface area (Å²) in [5, 5.41) is 9.07. The second kappa shape index (κ2) is 3.99. The highest BCUT2D eigenvalue weighted by Gasteiger charge is 2.16. The number of nitrogens with one attached hydrogen (secondary N) is 1. The van der Waals surface area contributed by atoms with Gasteiger partial charge in [0.15, 0.2) is 0 Å². The van der Waals surface area contributed by atoms with Crippen LogP contribution in [0.5, 0.6) is 0 Å². The van der Waals surface area contributed by atoms with Crippen LogP contribution in [0.1, 0.15) is 15.2 Å². The Bertz CT molecular complexity index is 725. The summed E-state index contributed by atoms with van der Waals surface area (Å²) < 4.78 is 0.990. The number of hydrogen-bond acceptors (Lipinski definition) is 2. The summed E-state index contributed by atoms with van der Waals surface area (Å²) in [5.74, 6) is -0.858. The van der Waals surface area contributed by atoms with Crippen molar-refractivity contribution < 1.29 is 9.90 Å². The van der Waals surface area contributed by atoms with Crippen LogP contribution in [0.3, 0.4) is 0 Å². The van der Waals surface area contributed by atoms with Gasteiger partial charge in [0.05, 0.1) is 10.2 Å². The molecule has 0 saturated carbocycles. The SMILES string of the molecule is Cc1c(C(=O)O)sc2cc(-c3ccccc3)[nH]c12. The van der Waals surface area contributed by atoms with Crippen molar-refractivity contribution in [1.29, 1.82) is 0 Å². The summed E-state index contributed by atoms with van der Waals surface area (Å²) in [5.41, 5.74) is 3.87. The third-order valence-electron chi connectivity index (χ3n) is 2.99. The Balaban J connectivity index is 2.17. The molecule has 2 N–H and O–H groups in total. The molecule has 0 fully saturated rings. The molecule has 2 heterocycles. The lowest BCUT2D eigenvalue weighted by atomic mass is 10.2. The standard InChI is InChI=1S/C14H11NO2S/c1-8-12-11(18-13(8)14(16)17)7-10(15-12)9-5-3-2-4-6-9/h2-7,15H,1H3,(H,16,17). The fraction of sp³-hybridized carbons (Fsp3) is 0.0714. The average Bonchev–Trinajstić information content (AvgIpc) is 2.91. The molecule has 0 amide bonds.